The van der Waals surface area contributed by atoms with Crippen molar-refractivity contribution in [2.45, 2.75) is 13.3 Å². The van der Waals surface area contributed by atoms with E-state index >= 15 is 0 Å². The van der Waals surface area contributed by atoms with Crippen LogP contribution in [0.1, 0.15) is 13.3 Å². The van der Waals surface area contributed by atoms with Crippen molar-refractivity contribution < 1.29 is 4.74 Å². The number of aromatic nitrogens is 2. The first-order valence-electron chi connectivity index (χ1n) is 4.98. The first-order valence-corrected chi connectivity index (χ1v) is 6.11. The molecule has 1 heterocycles. The topological polar surface area (TPSA) is 38.2 Å². The van der Waals surface area contributed by atoms with E-state index < -0.39 is 0 Å². The van der Waals surface area contributed by atoms with Gasteiger partial charge in [0, 0.05) is 18.4 Å². The molecule has 1 aromatic heterocycles. The Labute approximate surface area is 98.8 Å². The molecule has 1 aromatic rings. The molecule has 0 aliphatic carbocycles. The zero-order valence-electron chi connectivity index (χ0n) is 9.11. The summed E-state index contributed by atoms with van der Waals surface area (Å²) in [4.78, 5) is 10.6. The van der Waals surface area contributed by atoms with Gasteiger partial charge in [-0.2, -0.15) is 4.98 Å². The zero-order valence-corrected chi connectivity index (χ0v) is 10.7. The molecule has 0 saturated carbocycles. The van der Waals surface area contributed by atoms with Gasteiger partial charge in [-0.25, -0.2) is 0 Å². The Hall–Kier alpha value is -0.840. The van der Waals surface area contributed by atoms with Gasteiger partial charge in [0.15, 0.2) is 5.82 Å². The highest BCUT2D eigenvalue weighted by atomic mass is 79.9. The molecule has 0 atom stereocenters. The molecule has 0 aliphatic heterocycles. The van der Waals surface area contributed by atoms with Crippen molar-refractivity contribution >= 4 is 21.7 Å². The summed E-state index contributed by atoms with van der Waals surface area (Å²) in [6.45, 7) is 4.01. The van der Waals surface area contributed by atoms with Gasteiger partial charge in [0.05, 0.1) is 19.5 Å². The van der Waals surface area contributed by atoms with Crippen LogP contribution in [0.15, 0.2) is 12.4 Å². The van der Waals surface area contributed by atoms with Gasteiger partial charge in [0.25, 0.3) is 0 Å². The molecule has 15 heavy (non-hydrogen) atoms. The minimum atomic E-state index is 0.560. The third-order valence-corrected chi connectivity index (χ3v) is 2.64. The molecule has 0 N–H and O–H groups in total. The van der Waals surface area contributed by atoms with E-state index in [0.717, 1.165) is 30.7 Å². The lowest BCUT2D eigenvalue weighted by molar-refractivity contribution is 0.395. The van der Waals surface area contributed by atoms with Crippen molar-refractivity contribution in [3.05, 3.63) is 12.4 Å². The van der Waals surface area contributed by atoms with E-state index in [0.29, 0.717) is 5.88 Å². The average molecular weight is 274 g/mol. The highest BCUT2D eigenvalue weighted by Crippen LogP contribution is 2.13. The smallest absolute Gasteiger partial charge is 0.233 e. The van der Waals surface area contributed by atoms with Gasteiger partial charge >= 0.3 is 0 Å². The maximum Gasteiger partial charge on any atom is 0.233 e. The number of nitrogens with zero attached hydrogens (tertiary/aromatic N) is 3. The van der Waals surface area contributed by atoms with E-state index in [-0.39, 0.29) is 0 Å². The quantitative estimate of drug-likeness (QED) is 0.744. The van der Waals surface area contributed by atoms with Crippen molar-refractivity contribution in [1.29, 1.82) is 0 Å². The molecule has 0 saturated heterocycles. The van der Waals surface area contributed by atoms with Crippen molar-refractivity contribution in [2.75, 3.05) is 30.4 Å². The fraction of sp³-hybridized carbons (Fsp3) is 0.600. The third-order valence-electron chi connectivity index (χ3n) is 2.08. The highest BCUT2D eigenvalue weighted by Gasteiger charge is 2.06. The molecule has 0 radical (unpaired) electrons. The Morgan fingerprint density at radius 3 is 2.87 bits per heavy atom. The maximum atomic E-state index is 5.04. The van der Waals surface area contributed by atoms with Crippen LogP contribution in [-0.4, -0.2) is 35.5 Å². The van der Waals surface area contributed by atoms with Crippen LogP contribution in [-0.2, 0) is 0 Å². The number of rotatable bonds is 6. The van der Waals surface area contributed by atoms with E-state index in [2.05, 4.69) is 37.7 Å². The molecule has 1 rings (SSSR count). The summed E-state index contributed by atoms with van der Waals surface area (Å²) >= 11 is 3.42. The molecule has 0 amide bonds. The second-order valence-corrected chi connectivity index (χ2v) is 3.83. The zero-order chi connectivity index (χ0) is 11.1. The van der Waals surface area contributed by atoms with E-state index in [1.165, 1.54) is 0 Å². The number of hydrogen-bond donors (Lipinski definition) is 0. The van der Waals surface area contributed by atoms with Gasteiger partial charge in [-0.05, 0) is 13.3 Å². The van der Waals surface area contributed by atoms with Gasteiger partial charge in [0.2, 0.25) is 5.88 Å². The number of anilines is 1. The average Bonchev–Trinajstić information content (AvgIpc) is 2.30. The fourth-order valence-electron chi connectivity index (χ4n) is 1.27. The standard InChI is InChI=1S/C10H16BrN3O/c1-3-14(6-4-5-11)9-7-12-8-10(13-9)15-2/h7-8H,3-6H2,1-2H3. The number of hydrogen-bond acceptors (Lipinski definition) is 4. The predicted molar refractivity (Wildman–Crippen MR) is 64.9 cm³/mol. The lowest BCUT2D eigenvalue weighted by Gasteiger charge is -2.21. The van der Waals surface area contributed by atoms with Crippen LogP contribution in [0.25, 0.3) is 0 Å². The van der Waals surface area contributed by atoms with Gasteiger partial charge in [-0.3, -0.25) is 4.98 Å². The van der Waals surface area contributed by atoms with Crippen molar-refractivity contribution in [3.63, 3.8) is 0 Å². The fourth-order valence-corrected chi connectivity index (χ4v) is 1.53. The van der Waals surface area contributed by atoms with E-state index in [4.69, 9.17) is 4.74 Å². The SMILES string of the molecule is CCN(CCCBr)c1cncc(OC)n1. The summed E-state index contributed by atoms with van der Waals surface area (Å²) in [5.74, 6) is 1.43. The van der Waals surface area contributed by atoms with Crippen LogP contribution in [0, 0.1) is 0 Å². The van der Waals surface area contributed by atoms with Crippen molar-refractivity contribution in [1.82, 2.24) is 9.97 Å². The van der Waals surface area contributed by atoms with Crippen molar-refractivity contribution in [3.8, 4) is 5.88 Å². The number of alkyl halides is 1. The molecule has 84 valence electrons. The molecule has 0 aliphatic rings. The number of methoxy groups -OCH3 is 1. The monoisotopic (exact) mass is 273 g/mol. The second kappa shape index (κ2) is 6.61. The molecule has 0 bridgehead atoms. The van der Waals surface area contributed by atoms with Gasteiger partial charge in [-0.15, -0.1) is 0 Å². The first kappa shape index (κ1) is 12.2. The van der Waals surface area contributed by atoms with E-state index in [1.54, 1.807) is 19.5 Å². The molecule has 0 aromatic carbocycles. The van der Waals surface area contributed by atoms with Crippen LogP contribution in [0.3, 0.4) is 0 Å². The van der Waals surface area contributed by atoms with Crippen LogP contribution in [0.4, 0.5) is 5.82 Å². The van der Waals surface area contributed by atoms with Crippen LogP contribution in [0.2, 0.25) is 0 Å². The molecular formula is C10H16BrN3O. The summed E-state index contributed by atoms with van der Waals surface area (Å²) in [7, 11) is 1.60. The maximum absolute atomic E-state index is 5.04. The second-order valence-electron chi connectivity index (χ2n) is 3.04. The van der Waals surface area contributed by atoms with Gasteiger partial charge in [0.1, 0.15) is 0 Å². The minimum absolute atomic E-state index is 0.560. The summed E-state index contributed by atoms with van der Waals surface area (Å²) in [5.41, 5.74) is 0. The molecule has 5 heteroatoms. The lowest BCUT2D eigenvalue weighted by atomic mass is 10.4. The Morgan fingerprint density at radius 2 is 2.27 bits per heavy atom. The van der Waals surface area contributed by atoms with Gasteiger partial charge in [-0.1, -0.05) is 15.9 Å². The minimum Gasteiger partial charge on any atom is -0.480 e. The summed E-state index contributed by atoms with van der Waals surface area (Å²) < 4.78 is 5.04. The van der Waals surface area contributed by atoms with Crippen LogP contribution < -0.4 is 9.64 Å². The molecular weight excluding hydrogens is 258 g/mol. The third kappa shape index (κ3) is 3.66. The summed E-state index contributed by atoms with van der Waals surface area (Å²) in [6, 6.07) is 0. The Bertz CT molecular complexity index is 296. The van der Waals surface area contributed by atoms with Crippen LogP contribution >= 0.6 is 15.9 Å². The number of ether oxygens (including phenoxy) is 1. The Morgan fingerprint density at radius 1 is 1.47 bits per heavy atom. The molecule has 0 unspecified atom stereocenters. The first-order chi connectivity index (χ1) is 7.31. The van der Waals surface area contributed by atoms with E-state index in [1.807, 2.05) is 0 Å². The predicted octanol–water partition coefficient (Wildman–Crippen LogP) is 2.10. The van der Waals surface area contributed by atoms with Gasteiger partial charge < -0.3 is 9.64 Å². The highest BCUT2D eigenvalue weighted by molar-refractivity contribution is 9.09. The summed E-state index contributed by atoms with van der Waals surface area (Å²) in [6.07, 6.45) is 4.47. The lowest BCUT2D eigenvalue weighted by Crippen LogP contribution is -2.25. The largest absolute Gasteiger partial charge is 0.480 e. The van der Waals surface area contributed by atoms with E-state index in [9.17, 15) is 0 Å². The van der Waals surface area contributed by atoms with Crippen LogP contribution in [0.5, 0.6) is 5.88 Å². The Kier molecular flexibility index (Phi) is 5.39. The normalized spacial score (nSPS) is 10.1. The molecule has 0 fully saturated rings. The molecule has 0 spiro atoms. The summed E-state index contributed by atoms with van der Waals surface area (Å²) in [5, 5.41) is 1.00. The van der Waals surface area contributed by atoms with Crippen molar-refractivity contribution in [2.24, 2.45) is 0 Å². The molecule has 4 nitrogen and oxygen atoms in total. The Balaban J connectivity index is 2.72. The number of halogens is 1.